The second-order valence-corrected chi connectivity index (χ2v) is 9.98. The van der Waals surface area contributed by atoms with Gasteiger partial charge in [-0.05, 0) is 44.9 Å². The lowest BCUT2D eigenvalue weighted by molar-refractivity contribution is -0.137. The fourth-order valence-corrected chi connectivity index (χ4v) is 4.86. The summed E-state index contributed by atoms with van der Waals surface area (Å²) in [5, 5.41) is 14.3. The van der Waals surface area contributed by atoms with Crippen LogP contribution in [-0.2, 0) is 14.9 Å². The Morgan fingerprint density at radius 1 is 1.06 bits per heavy atom. The molecule has 36 heavy (non-hydrogen) atoms. The molecule has 2 N–H and O–H groups in total. The zero-order chi connectivity index (χ0) is 25.9. The summed E-state index contributed by atoms with van der Waals surface area (Å²) >= 11 is 0. The van der Waals surface area contributed by atoms with Crippen molar-refractivity contribution in [3.05, 3.63) is 47.8 Å². The molecule has 2 aliphatic rings. The maximum absolute atomic E-state index is 11.7. The molecule has 0 saturated heterocycles. The van der Waals surface area contributed by atoms with E-state index in [4.69, 9.17) is 14.5 Å². The summed E-state index contributed by atoms with van der Waals surface area (Å²) in [6.07, 6.45) is 2.16. The molecule has 9 nitrogen and oxygen atoms in total. The molecule has 0 amide bonds. The van der Waals surface area contributed by atoms with E-state index in [1.165, 1.54) is 12.1 Å². The van der Waals surface area contributed by atoms with Gasteiger partial charge in [0.1, 0.15) is 34.4 Å². The minimum atomic E-state index is -4.64. The van der Waals surface area contributed by atoms with Crippen LogP contribution in [0.4, 0.5) is 5.69 Å². The molecule has 0 spiro atoms. The zero-order valence-electron chi connectivity index (χ0n) is 20.3. The Balaban J connectivity index is 1.83. The minimum absolute atomic E-state index is 0.122. The van der Waals surface area contributed by atoms with E-state index in [0.717, 1.165) is 31.3 Å². The van der Waals surface area contributed by atoms with Crippen molar-refractivity contribution >= 4 is 43.6 Å². The summed E-state index contributed by atoms with van der Waals surface area (Å²) in [6, 6.07) is 11.9. The third kappa shape index (κ3) is 5.50. The molecule has 0 unspecified atom stereocenters. The highest BCUT2D eigenvalue weighted by molar-refractivity contribution is 7.85. The third-order valence-corrected chi connectivity index (χ3v) is 7.07. The molecule has 2 aromatic carbocycles. The van der Waals surface area contributed by atoms with Gasteiger partial charge < -0.3 is 19.4 Å². The number of carbonyl (C=O) groups is 1. The first-order valence-corrected chi connectivity index (χ1v) is 13.4. The van der Waals surface area contributed by atoms with Crippen LogP contribution in [0.1, 0.15) is 39.5 Å². The molecule has 10 heteroatoms. The number of benzene rings is 3. The van der Waals surface area contributed by atoms with E-state index >= 15 is 0 Å². The number of carboxylic acids is 1. The number of rotatable bonds is 10. The molecular weight excluding hydrogens is 482 g/mol. The maximum Gasteiger partial charge on any atom is 0.303 e. The van der Waals surface area contributed by atoms with Crippen molar-refractivity contribution in [2.45, 2.75) is 44.4 Å². The van der Waals surface area contributed by atoms with Gasteiger partial charge in [0.15, 0.2) is 11.3 Å². The fourth-order valence-electron chi connectivity index (χ4n) is 4.36. The van der Waals surface area contributed by atoms with Crippen molar-refractivity contribution in [1.82, 2.24) is 9.56 Å². The first-order chi connectivity index (χ1) is 17.2. The van der Waals surface area contributed by atoms with E-state index in [9.17, 15) is 17.8 Å². The van der Waals surface area contributed by atoms with Crippen LogP contribution in [0.25, 0.3) is 33.3 Å². The molecule has 0 aromatic heterocycles. The second kappa shape index (κ2) is 10.6. The van der Waals surface area contributed by atoms with Crippen molar-refractivity contribution in [3.8, 4) is 11.5 Å². The van der Waals surface area contributed by atoms with Crippen molar-refractivity contribution in [3.63, 3.8) is 0 Å². The first kappa shape index (κ1) is 25.6. The number of nitrogens with one attached hydrogen (secondary N) is 1. The molecule has 2 aromatic rings. The maximum atomic E-state index is 11.7. The number of unbranched alkanes of at least 4 members (excludes halogenated alkanes) is 2. The van der Waals surface area contributed by atoms with Gasteiger partial charge in [-0.1, -0.05) is 12.5 Å². The molecule has 0 radical (unpaired) electrons. The van der Waals surface area contributed by atoms with Gasteiger partial charge in [0.25, 0.3) is 0 Å². The van der Waals surface area contributed by atoms with Gasteiger partial charge in [-0.2, -0.15) is 0 Å². The number of nitrogens with zero attached hydrogens (tertiary/aromatic N) is 2. The molecule has 1 aliphatic carbocycles. The van der Waals surface area contributed by atoms with Crippen molar-refractivity contribution < 1.29 is 27.3 Å². The van der Waals surface area contributed by atoms with E-state index in [2.05, 4.69) is 23.7 Å². The van der Waals surface area contributed by atoms with Crippen LogP contribution in [-0.4, -0.2) is 48.7 Å². The third-order valence-electron chi connectivity index (χ3n) is 6.24. The predicted octanol–water partition coefficient (Wildman–Crippen LogP) is 3.86. The Morgan fingerprint density at radius 2 is 1.83 bits per heavy atom. The quantitative estimate of drug-likeness (QED) is 0.108. The average Bonchev–Trinajstić information content (AvgIpc) is 2.84. The molecule has 190 valence electrons. The number of carboxylic acid groups (broad SMARTS) is 1. The standard InChI is InChI=1S/C26H29N3O6S/c1-3-29(4-2)17-9-12-21-23(14-17)35-24-16-22(27-13-7-5-6-8-25(30)31)20-15-18(36(32,33)34)10-11-19(20)26(24)28-21/h9-12,14-16H,3-8,13H2,1-2H3,(H2,30,31,32,33,34). The molecule has 4 rings (SSSR count). The van der Waals surface area contributed by atoms with E-state index in [1.54, 1.807) is 12.1 Å². The Labute approximate surface area is 209 Å². The molecule has 0 atom stereocenters. The molecule has 1 heterocycles. The van der Waals surface area contributed by atoms with E-state index in [1.807, 2.05) is 18.2 Å². The van der Waals surface area contributed by atoms with Gasteiger partial charge in [-0.25, -0.2) is 18.0 Å². The van der Waals surface area contributed by atoms with Gasteiger partial charge in [-0.15, -0.1) is 0 Å². The Hall–Kier alpha value is -3.50. The molecule has 0 saturated carbocycles. The number of fused-ring (bicyclic) bond motifs is 4. The van der Waals surface area contributed by atoms with Crippen molar-refractivity contribution in [2.24, 2.45) is 0 Å². The van der Waals surface area contributed by atoms with Gasteiger partial charge in [0, 0.05) is 41.6 Å². The lowest BCUT2D eigenvalue weighted by atomic mass is 10.1. The number of hydrogen-bond donors (Lipinski definition) is 2. The number of aromatic nitrogens is 1. The van der Waals surface area contributed by atoms with Crippen LogP contribution < -0.4 is 15.2 Å². The van der Waals surface area contributed by atoms with E-state index in [0.29, 0.717) is 52.0 Å². The SMILES string of the molecule is CC[N+](CC)=c1ccc2nc3c(cc(NCCCCCC(=O)O)c4cc(S(=O)(=O)[O-])ccc43)oc-2c1. The first-order valence-electron chi connectivity index (χ1n) is 12.0. The summed E-state index contributed by atoms with van der Waals surface area (Å²) < 4.78 is 43.5. The normalized spacial score (nSPS) is 11.9. The summed E-state index contributed by atoms with van der Waals surface area (Å²) in [5.41, 5.74) is 2.37. The van der Waals surface area contributed by atoms with Gasteiger partial charge in [-0.3, -0.25) is 4.79 Å². The van der Waals surface area contributed by atoms with Crippen LogP contribution in [0.5, 0.6) is 0 Å². The van der Waals surface area contributed by atoms with E-state index in [-0.39, 0.29) is 11.3 Å². The van der Waals surface area contributed by atoms with Crippen LogP contribution in [0.3, 0.4) is 0 Å². The molecule has 0 bridgehead atoms. The van der Waals surface area contributed by atoms with Crippen LogP contribution >= 0.6 is 0 Å². The fraction of sp³-hybridized carbons (Fsp3) is 0.346. The van der Waals surface area contributed by atoms with E-state index < -0.39 is 16.1 Å². The largest absolute Gasteiger partial charge is 0.744 e. The Morgan fingerprint density at radius 3 is 2.53 bits per heavy atom. The smallest absolute Gasteiger partial charge is 0.303 e. The Kier molecular flexibility index (Phi) is 7.56. The van der Waals surface area contributed by atoms with Crippen LogP contribution in [0, 0.1) is 0 Å². The summed E-state index contributed by atoms with van der Waals surface area (Å²) in [5.74, 6) is -0.190. The topological polar surface area (TPSA) is 136 Å². The summed E-state index contributed by atoms with van der Waals surface area (Å²) in [7, 11) is -4.64. The molecular formula is C26H29N3O6S. The highest BCUT2D eigenvalue weighted by Crippen LogP contribution is 2.35. The number of anilines is 1. The molecule has 1 aliphatic heterocycles. The summed E-state index contributed by atoms with van der Waals surface area (Å²) in [4.78, 5) is 15.2. The van der Waals surface area contributed by atoms with Gasteiger partial charge >= 0.3 is 5.97 Å². The summed E-state index contributed by atoms with van der Waals surface area (Å²) in [6.45, 7) is 6.44. The van der Waals surface area contributed by atoms with Gasteiger partial charge in [0.05, 0.1) is 11.0 Å². The number of hydrogen-bond acceptors (Lipinski definition) is 7. The lowest BCUT2D eigenvalue weighted by Gasteiger charge is -2.15. The zero-order valence-corrected chi connectivity index (χ0v) is 21.1. The minimum Gasteiger partial charge on any atom is -0.744 e. The van der Waals surface area contributed by atoms with Gasteiger partial charge in [0.2, 0.25) is 5.36 Å². The molecule has 0 fully saturated rings. The van der Waals surface area contributed by atoms with Crippen LogP contribution in [0.2, 0.25) is 0 Å². The predicted molar refractivity (Wildman–Crippen MR) is 137 cm³/mol. The Bertz CT molecular complexity index is 1570. The number of aliphatic carboxylic acids is 1. The van der Waals surface area contributed by atoms with Crippen LogP contribution in [0.15, 0.2) is 51.8 Å². The van der Waals surface area contributed by atoms with Crippen molar-refractivity contribution in [1.29, 1.82) is 0 Å². The highest BCUT2D eigenvalue weighted by atomic mass is 32.2. The lowest BCUT2D eigenvalue weighted by Crippen LogP contribution is -2.29. The second-order valence-electron chi connectivity index (χ2n) is 8.60. The van der Waals surface area contributed by atoms with Crippen molar-refractivity contribution in [2.75, 3.05) is 25.0 Å². The monoisotopic (exact) mass is 511 g/mol. The average molecular weight is 512 g/mol. The highest BCUT2D eigenvalue weighted by Gasteiger charge is 2.17.